The van der Waals surface area contributed by atoms with Gasteiger partial charge in [-0.2, -0.15) is 0 Å². The Kier molecular flexibility index (Phi) is 3.05. The Morgan fingerprint density at radius 2 is 2.06 bits per heavy atom. The van der Waals surface area contributed by atoms with Gasteiger partial charge in [0, 0.05) is 5.56 Å². The van der Waals surface area contributed by atoms with Gasteiger partial charge in [0.15, 0.2) is 5.69 Å². The largest absolute Gasteiger partial charge is 0.496 e. The van der Waals surface area contributed by atoms with E-state index in [0.29, 0.717) is 11.3 Å². The number of rotatable bonds is 3. The highest BCUT2D eigenvalue weighted by Gasteiger charge is 2.23. The molecular formula is C11H10N4O3. The van der Waals surface area contributed by atoms with Crippen LogP contribution in [0.3, 0.4) is 0 Å². The molecule has 7 nitrogen and oxygen atoms in total. The van der Waals surface area contributed by atoms with Gasteiger partial charge in [-0.05, 0) is 12.1 Å². The van der Waals surface area contributed by atoms with Gasteiger partial charge in [-0.15, -0.1) is 0 Å². The fourth-order valence-corrected chi connectivity index (χ4v) is 1.61. The van der Waals surface area contributed by atoms with Crippen molar-refractivity contribution in [3.8, 4) is 17.0 Å². The molecule has 0 saturated heterocycles. The van der Waals surface area contributed by atoms with Crippen molar-refractivity contribution in [1.82, 2.24) is 9.97 Å². The minimum atomic E-state index is -0.600. The molecule has 2 rings (SSSR count). The highest BCUT2D eigenvalue weighted by atomic mass is 16.6. The second-order valence-corrected chi connectivity index (χ2v) is 3.41. The van der Waals surface area contributed by atoms with Crippen LogP contribution >= 0.6 is 0 Å². The van der Waals surface area contributed by atoms with Gasteiger partial charge in [0.25, 0.3) is 0 Å². The van der Waals surface area contributed by atoms with Crippen molar-refractivity contribution in [2.45, 2.75) is 0 Å². The molecule has 2 aromatic rings. The second-order valence-electron chi connectivity index (χ2n) is 3.41. The van der Waals surface area contributed by atoms with E-state index in [2.05, 4.69) is 9.97 Å². The van der Waals surface area contributed by atoms with E-state index in [-0.39, 0.29) is 17.2 Å². The van der Waals surface area contributed by atoms with E-state index in [4.69, 9.17) is 10.5 Å². The number of hydrogen-bond donors (Lipinski definition) is 1. The molecule has 1 aromatic carbocycles. The van der Waals surface area contributed by atoms with Crippen molar-refractivity contribution < 1.29 is 9.66 Å². The van der Waals surface area contributed by atoms with E-state index in [1.54, 1.807) is 24.3 Å². The minimum Gasteiger partial charge on any atom is -0.496 e. The molecule has 2 N–H and O–H groups in total. The number of methoxy groups -OCH3 is 1. The lowest BCUT2D eigenvalue weighted by Crippen LogP contribution is -2.03. The summed E-state index contributed by atoms with van der Waals surface area (Å²) in [5.41, 5.74) is 5.84. The first-order chi connectivity index (χ1) is 8.65. The standard InChI is InChI=1S/C11H10N4O3/c1-18-8-5-3-2-4-7(8)9-10(15(16)17)11(12)14-6-13-9/h2-6H,1H3,(H2,12,13,14). The summed E-state index contributed by atoms with van der Waals surface area (Å²) in [4.78, 5) is 18.0. The van der Waals surface area contributed by atoms with Crippen LogP contribution in [0.2, 0.25) is 0 Å². The Morgan fingerprint density at radius 1 is 1.33 bits per heavy atom. The number of hydrogen-bond acceptors (Lipinski definition) is 6. The van der Waals surface area contributed by atoms with Gasteiger partial charge in [-0.25, -0.2) is 9.97 Å². The van der Waals surface area contributed by atoms with Gasteiger partial charge < -0.3 is 10.5 Å². The van der Waals surface area contributed by atoms with Crippen molar-refractivity contribution in [3.63, 3.8) is 0 Å². The number of benzene rings is 1. The summed E-state index contributed by atoms with van der Waals surface area (Å²) in [7, 11) is 1.48. The molecule has 1 heterocycles. The van der Waals surface area contributed by atoms with E-state index >= 15 is 0 Å². The smallest absolute Gasteiger partial charge is 0.337 e. The lowest BCUT2D eigenvalue weighted by molar-refractivity contribution is -0.383. The van der Waals surface area contributed by atoms with E-state index in [1.165, 1.54) is 13.4 Å². The molecule has 0 saturated carbocycles. The number of para-hydroxylation sites is 1. The first kappa shape index (κ1) is 11.8. The predicted octanol–water partition coefficient (Wildman–Crippen LogP) is 1.64. The average Bonchev–Trinajstić information content (AvgIpc) is 2.38. The SMILES string of the molecule is COc1ccccc1-c1ncnc(N)c1[N+](=O)[O-]. The van der Waals surface area contributed by atoms with Crippen LogP contribution in [0.4, 0.5) is 11.5 Å². The molecule has 0 unspecified atom stereocenters. The first-order valence-electron chi connectivity index (χ1n) is 5.03. The Bertz CT molecular complexity index is 601. The highest BCUT2D eigenvalue weighted by molar-refractivity contribution is 5.79. The third kappa shape index (κ3) is 1.93. The number of ether oxygens (including phenoxy) is 1. The molecule has 7 heteroatoms. The summed E-state index contributed by atoms with van der Waals surface area (Å²) in [5.74, 6) is 0.314. The average molecular weight is 246 g/mol. The van der Waals surface area contributed by atoms with Crippen LogP contribution in [0.5, 0.6) is 5.75 Å². The van der Waals surface area contributed by atoms with Crippen LogP contribution in [0.25, 0.3) is 11.3 Å². The Labute approximate surface area is 102 Å². The second kappa shape index (κ2) is 4.66. The lowest BCUT2D eigenvalue weighted by atomic mass is 10.1. The summed E-state index contributed by atoms with van der Waals surface area (Å²) >= 11 is 0. The van der Waals surface area contributed by atoms with Gasteiger partial charge >= 0.3 is 5.69 Å². The maximum absolute atomic E-state index is 11.0. The van der Waals surface area contributed by atoms with Gasteiger partial charge in [0.05, 0.1) is 12.0 Å². The number of nitrogens with two attached hydrogens (primary N) is 1. The summed E-state index contributed by atoms with van der Waals surface area (Å²) in [5, 5.41) is 11.0. The van der Waals surface area contributed by atoms with E-state index in [1.807, 2.05) is 0 Å². The maximum atomic E-state index is 11.0. The quantitative estimate of drug-likeness (QED) is 0.652. The molecule has 0 aliphatic heterocycles. The van der Waals surface area contributed by atoms with Crippen molar-refractivity contribution in [3.05, 3.63) is 40.7 Å². The zero-order valence-corrected chi connectivity index (χ0v) is 9.53. The Balaban J connectivity index is 2.71. The fraction of sp³-hybridized carbons (Fsp3) is 0.0909. The molecule has 92 valence electrons. The zero-order chi connectivity index (χ0) is 13.1. The van der Waals surface area contributed by atoms with Crippen LogP contribution in [0, 0.1) is 10.1 Å². The molecule has 0 spiro atoms. The van der Waals surface area contributed by atoms with Crippen LogP contribution in [-0.4, -0.2) is 22.0 Å². The van der Waals surface area contributed by atoms with Gasteiger partial charge in [0.2, 0.25) is 5.82 Å². The van der Waals surface area contributed by atoms with Crippen LogP contribution in [0.1, 0.15) is 0 Å². The van der Waals surface area contributed by atoms with Crippen LogP contribution in [0.15, 0.2) is 30.6 Å². The molecule has 0 aliphatic rings. The monoisotopic (exact) mass is 246 g/mol. The van der Waals surface area contributed by atoms with Gasteiger partial charge in [-0.3, -0.25) is 10.1 Å². The van der Waals surface area contributed by atoms with E-state index < -0.39 is 4.92 Å². The Hall–Kier alpha value is -2.70. The molecule has 0 fully saturated rings. The zero-order valence-electron chi connectivity index (χ0n) is 9.53. The van der Waals surface area contributed by atoms with Gasteiger partial charge in [-0.1, -0.05) is 12.1 Å². The van der Waals surface area contributed by atoms with Gasteiger partial charge in [0.1, 0.15) is 12.1 Å². The number of nitro groups is 1. The number of nitrogens with zero attached hydrogens (tertiary/aromatic N) is 3. The maximum Gasteiger partial charge on any atom is 0.337 e. The molecule has 0 aliphatic carbocycles. The third-order valence-electron chi connectivity index (χ3n) is 2.40. The molecule has 0 radical (unpaired) electrons. The number of anilines is 1. The minimum absolute atomic E-state index is 0.143. The van der Waals surface area contributed by atoms with E-state index in [9.17, 15) is 10.1 Å². The molecular weight excluding hydrogens is 236 g/mol. The highest BCUT2D eigenvalue weighted by Crippen LogP contribution is 2.36. The van der Waals surface area contributed by atoms with E-state index in [0.717, 1.165) is 0 Å². The lowest BCUT2D eigenvalue weighted by Gasteiger charge is -2.08. The number of nitrogen functional groups attached to an aromatic ring is 1. The molecule has 1 aromatic heterocycles. The summed E-state index contributed by atoms with van der Waals surface area (Å²) in [6, 6.07) is 6.86. The third-order valence-corrected chi connectivity index (χ3v) is 2.40. The summed E-state index contributed by atoms with van der Waals surface area (Å²) in [6.07, 6.45) is 1.18. The number of aromatic nitrogens is 2. The normalized spacial score (nSPS) is 10.1. The van der Waals surface area contributed by atoms with Crippen molar-refractivity contribution in [1.29, 1.82) is 0 Å². The van der Waals surface area contributed by atoms with Crippen LogP contribution in [-0.2, 0) is 0 Å². The van der Waals surface area contributed by atoms with Crippen molar-refractivity contribution >= 4 is 11.5 Å². The van der Waals surface area contributed by atoms with Crippen molar-refractivity contribution in [2.24, 2.45) is 0 Å². The molecule has 0 bridgehead atoms. The summed E-state index contributed by atoms with van der Waals surface area (Å²) < 4.78 is 5.15. The predicted molar refractivity (Wildman–Crippen MR) is 65.1 cm³/mol. The van der Waals surface area contributed by atoms with Crippen molar-refractivity contribution in [2.75, 3.05) is 12.8 Å². The summed E-state index contributed by atoms with van der Waals surface area (Å²) in [6.45, 7) is 0. The van der Waals surface area contributed by atoms with Crippen LogP contribution < -0.4 is 10.5 Å². The molecule has 0 atom stereocenters. The Morgan fingerprint density at radius 3 is 2.72 bits per heavy atom. The first-order valence-corrected chi connectivity index (χ1v) is 5.03. The fourth-order valence-electron chi connectivity index (χ4n) is 1.61. The topological polar surface area (TPSA) is 104 Å². The molecule has 18 heavy (non-hydrogen) atoms. The molecule has 0 amide bonds.